The van der Waals surface area contributed by atoms with Crippen LogP contribution in [0.1, 0.15) is 18.9 Å². The zero-order valence-electron chi connectivity index (χ0n) is 12.0. The molecule has 0 aromatic heterocycles. The Morgan fingerprint density at radius 2 is 2.10 bits per heavy atom. The van der Waals surface area contributed by atoms with E-state index in [0.717, 1.165) is 12.0 Å². The van der Waals surface area contributed by atoms with Crippen LogP contribution in [0.4, 0.5) is 0 Å². The first-order valence-electron chi connectivity index (χ1n) is 6.59. The predicted octanol–water partition coefficient (Wildman–Crippen LogP) is 2.71. The van der Waals surface area contributed by atoms with Crippen molar-refractivity contribution in [1.82, 2.24) is 4.31 Å². The van der Waals surface area contributed by atoms with Gasteiger partial charge in [-0.1, -0.05) is 13.0 Å². The van der Waals surface area contributed by atoms with Gasteiger partial charge in [0.15, 0.2) is 0 Å². The Kier molecular flexibility index (Phi) is 4.62. The van der Waals surface area contributed by atoms with Gasteiger partial charge in [-0.25, -0.2) is 12.7 Å². The molecule has 1 aliphatic carbocycles. The van der Waals surface area contributed by atoms with Crippen LogP contribution in [0.2, 0.25) is 0 Å². The highest BCUT2D eigenvalue weighted by molar-refractivity contribution is 7.89. The van der Waals surface area contributed by atoms with E-state index in [4.69, 9.17) is 16.3 Å². The number of hydrogen-bond acceptors (Lipinski definition) is 3. The first kappa shape index (κ1) is 15.6. The topological polar surface area (TPSA) is 46.6 Å². The van der Waals surface area contributed by atoms with Crippen molar-refractivity contribution in [3.63, 3.8) is 0 Å². The molecule has 0 N–H and O–H groups in total. The van der Waals surface area contributed by atoms with Crippen molar-refractivity contribution in [1.29, 1.82) is 0 Å². The average molecular weight is 318 g/mol. The van der Waals surface area contributed by atoms with Gasteiger partial charge in [-0.05, 0) is 36.0 Å². The number of nitrogens with zero attached hydrogens (tertiary/aromatic N) is 1. The van der Waals surface area contributed by atoms with Crippen molar-refractivity contribution >= 4 is 21.6 Å². The largest absolute Gasteiger partial charge is 0.495 e. The molecule has 112 valence electrons. The SMILES string of the molecule is COc1cc(CCl)ccc1S(=O)(=O)N(C)CC1CC1C. The lowest BCUT2D eigenvalue weighted by Crippen LogP contribution is -2.29. The second-order valence-electron chi connectivity index (χ2n) is 5.38. The number of halogens is 1. The van der Waals surface area contributed by atoms with Crippen LogP contribution in [0.3, 0.4) is 0 Å². The average Bonchev–Trinajstić information content (AvgIpc) is 3.13. The van der Waals surface area contributed by atoms with Crippen LogP contribution in [0.5, 0.6) is 5.75 Å². The number of sulfonamides is 1. The molecule has 0 bridgehead atoms. The molecule has 0 heterocycles. The second kappa shape index (κ2) is 5.92. The molecule has 0 amide bonds. The fourth-order valence-electron chi connectivity index (χ4n) is 2.26. The van der Waals surface area contributed by atoms with Crippen molar-refractivity contribution in [2.24, 2.45) is 11.8 Å². The zero-order chi connectivity index (χ0) is 14.9. The summed E-state index contributed by atoms with van der Waals surface area (Å²) in [5, 5.41) is 0. The molecular formula is C14H20ClNO3S. The Morgan fingerprint density at radius 3 is 2.60 bits per heavy atom. The third kappa shape index (κ3) is 3.10. The van der Waals surface area contributed by atoms with E-state index in [1.165, 1.54) is 11.4 Å². The lowest BCUT2D eigenvalue weighted by atomic mass is 10.2. The van der Waals surface area contributed by atoms with Crippen molar-refractivity contribution in [3.8, 4) is 5.75 Å². The van der Waals surface area contributed by atoms with Crippen molar-refractivity contribution in [3.05, 3.63) is 23.8 Å². The van der Waals surface area contributed by atoms with Gasteiger partial charge in [0.2, 0.25) is 10.0 Å². The molecule has 0 radical (unpaired) electrons. The smallest absolute Gasteiger partial charge is 0.246 e. The fraction of sp³-hybridized carbons (Fsp3) is 0.571. The summed E-state index contributed by atoms with van der Waals surface area (Å²) in [6.07, 6.45) is 1.10. The Bertz CT molecular complexity index is 588. The van der Waals surface area contributed by atoms with Gasteiger partial charge in [-0.2, -0.15) is 0 Å². The van der Waals surface area contributed by atoms with E-state index >= 15 is 0 Å². The number of rotatable bonds is 6. The van der Waals surface area contributed by atoms with E-state index in [1.807, 2.05) is 0 Å². The number of hydrogen-bond donors (Lipinski definition) is 0. The van der Waals surface area contributed by atoms with E-state index in [1.54, 1.807) is 25.2 Å². The Morgan fingerprint density at radius 1 is 1.45 bits per heavy atom. The normalized spacial score (nSPS) is 22.1. The summed E-state index contributed by atoms with van der Waals surface area (Å²) in [6, 6.07) is 4.96. The monoisotopic (exact) mass is 317 g/mol. The molecule has 1 aromatic carbocycles. The number of ether oxygens (including phenoxy) is 1. The third-order valence-electron chi connectivity index (χ3n) is 3.84. The molecule has 2 atom stereocenters. The van der Waals surface area contributed by atoms with Crippen molar-refractivity contribution in [2.75, 3.05) is 20.7 Å². The van der Waals surface area contributed by atoms with E-state index in [2.05, 4.69) is 6.92 Å². The zero-order valence-corrected chi connectivity index (χ0v) is 13.5. The van der Waals surface area contributed by atoms with Gasteiger partial charge >= 0.3 is 0 Å². The summed E-state index contributed by atoms with van der Waals surface area (Å²) in [5.74, 6) is 1.77. The van der Waals surface area contributed by atoms with Gasteiger partial charge < -0.3 is 4.74 Å². The van der Waals surface area contributed by atoms with Crippen LogP contribution in [0.15, 0.2) is 23.1 Å². The van der Waals surface area contributed by atoms with Crippen molar-refractivity contribution < 1.29 is 13.2 Å². The van der Waals surface area contributed by atoms with Crippen LogP contribution < -0.4 is 4.74 Å². The molecule has 1 aromatic rings. The third-order valence-corrected chi connectivity index (χ3v) is 6.01. The molecule has 2 rings (SSSR count). The van der Waals surface area contributed by atoms with E-state index in [0.29, 0.717) is 30.0 Å². The molecular weight excluding hydrogens is 298 g/mol. The Balaban J connectivity index is 2.28. The van der Waals surface area contributed by atoms with E-state index in [9.17, 15) is 8.42 Å². The number of benzene rings is 1. The predicted molar refractivity (Wildman–Crippen MR) is 79.6 cm³/mol. The minimum absolute atomic E-state index is 0.199. The minimum atomic E-state index is -3.52. The highest BCUT2D eigenvalue weighted by Crippen LogP contribution is 2.39. The summed E-state index contributed by atoms with van der Waals surface area (Å²) in [7, 11) is -0.432. The summed E-state index contributed by atoms with van der Waals surface area (Å²) >= 11 is 5.76. The van der Waals surface area contributed by atoms with Crippen LogP contribution in [0.25, 0.3) is 0 Å². The van der Waals surface area contributed by atoms with Crippen LogP contribution in [0, 0.1) is 11.8 Å². The summed E-state index contributed by atoms with van der Waals surface area (Å²) < 4.78 is 31.8. The maximum atomic E-state index is 12.6. The quantitative estimate of drug-likeness (QED) is 0.758. The molecule has 4 nitrogen and oxygen atoms in total. The highest BCUT2D eigenvalue weighted by atomic mass is 35.5. The molecule has 1 aliphatic rings. The van der Waals surface area contributed by atoms with E-state index in [-0.39, 0.29) is 4.90 Å². The minimum Gasteiger partial charge on any atom is -0.495 e. The lowest BCUT2D eigenvalue weighted by molar-refractivity contribution is 0.395. The molecule has 0 spiro atoms. The Hall–Kier alpha value is -0.780. The van der Waals surface area contributed by atoms with Gasteiger partial charge in [0.05, 0.1) is 7.11 Å². The molecule has 2 unspecified atom stereocenters. The first-order chi connectivity index (χ1) is 9.40. The molecule has 0 saturated heterocycles. The Labute approximate surface area is 125 Å². The van der Waals surface area contributed by atoms with Gasteiger partial charge in [0, 0.05) is 19.5 Å². The molecule has 1 saturated carbocycles. The van der Waals surface area contributed by atoms with E-state index < -0.39 is 10.0 Å². The molecule has 0 aliphatic heterocycles. The van der Waals surface area contributed by atoms with Crippen LogP contribution in [-0.4, -0.2) is 33.4 Å². The first-order valence-corrected chi connectivity index (χ1v) is 8.56. The van der Waals surface area contributed by atoms with Crippen LogP contribution >= 0.6 is 11.6 Å². The number of methoxy groups -OCH3 is 1. The standard InChI is InChI=1S/C14H20ClNO3S/c1-10-6-12(10)9-16(2)20(17,18)14-5-4-11(8-15)7-13(14)19-3/h4-5,7,10,12H,6,8-9H2,1-3H3. The van der Waals surface area contributed by atoms with Gasteiger partial charge in [0.1, 0.15) is 10.6 Å². The summed E-state index contributed by atoms with van der Waals surface area (Å²) in [6.45, 7) is 2.70. The van der Waals surface area contributed by atoms with Gasteiger partial charge in [0.25, 0.3) is 0 Å². The van der Waals surface area contributed by atoms with Crippen LogP contribution in [-0.2, 0) is 15.9 Å². The van der Waals surface area contributed by atoms with Crippen molar-refractivity contribution in [2.45, 2.75) is 24.1 Å². The summed E-state index contributed by atoms with van der Waals surface area (Å²) in [5.41, 5.74) is 0.834. The highest BCUT2D eigenvalue weighted by Gasteiger charge is 2.36. The summed E-state index contributed by atoms with van der Waals surface area (Å²) in [4.78, 5) is 0.199. The maximum absolute atomic E-state index is 12.6. The second-order valence-corrected chi connectivity index (χ2v) is 7.66. The number of alkyl halides is 1. The fourth-order valence-corrected chi connectivity index (χ4v) is 3.78. The lowest BCUT2D eigenvalue weighted by Gasteiger charge is -2.19. The molecule has 6 heteroatoms. The van der Waals surface area contributed by atoms with Gasteiger partial charge in [-0.15, -0.1) is 11.6 Å². The molecule has 20 heavy (non-hydrogen) atoms. The maximum Gasteiger partial charge on any atom is 0.246 e. The van der Waals surface area contributed by atoms with Gasteiger partial charge in [-0.3, -0.25) is 0 Å². The molecule has 1 fully saturated rings.